The van der Waals surface area contributed by atoms with E-state index in [0.717, 1.165) is 0 Å². The molecule has 0 bridgehead atoms. The Morgan fingerprint density at radius 2 is 2.20 bits per heavy atom. The van der Waals surface area contributed by atoms with Gasteiger partial charge in [0.25, 0.3) is 0 Å². The minimum Gasteiger partial charge on any atom is -0.598 e. The van der Waals surface area contributed by atoms with Gasteiger partial charge >= 0.3 is 5.97 Å². The molecule has 0 aliphatic carbocycles. The van der Waals surface area contributed by atoms with Crippen molar-refractivity contribution < 1.29 is 19.9 Å². The zero-order chi connectivity index (χ0) is 8.20. The van der Waals surface area contributed by atoms with Gasteiger partial charge in [-0.25, -0.2) is 10.0 Å². The summed E-state index contributed by atoms with van der Waals surface area (Å²) >= 11 is 0. The van der Waals surface area contributed by atoms with Gasteiger partial charge in [-0.15, -0.1) is 0 Å². The molecule has 0 aromatic heterocycles. The molecule has 0 saturated heterocycles. The van der Waals surface area contributed by atoms with Crippen LogP contribution in [0.3, 0.4) is 0 Å². The zero-order valence-corrected chi connectivity index (χ0v) is 5.78. The molecule has 60 valence electrons. The molecule has 5 heteroatoms. The Morgan fingerprint density at radius 3 is 2.50 bits per heavy atom. The fourth-order valence-electron chi connectivity index (χ4n) is 0.428. The van der Waals surface area contributed by atoms with E-state index in [1.54, 1.807) is 0 Å². The monoisotopic (exact) mass is 149 g/mol. The minimum atomic E-state index is -1.47. The highest BCUT2D eigenvalue weighted by Crippen LogP contribution is 1.98. The number of carboxylic acid groups (broad SMARTS) is 1. The van der Waals surface area contributed by atoms with Crippen LogP contribution < -0.4 is 0 Å². The maximum Gasteiger partial charge on any atom is 0.309 e. The predicted molar refractivity (Wildman–Crippen MR) is 33.1 cm³/mol. The average molecular weight is 149 g/mol. The highest BCUT2D eigenvalue weighted by molar-refractivity contribution is 5.66. The number of carbonyl (C=O) groups is 1. The molecule has 0 rings (SSSR count). The van der Waals surface area contributed by atoms with E-state index in [-0.39, 0.29) is 19.5 Å². The molecule has 0 fully saturated rings. The summed E-state index contributed by atoms with van der Waals surface area (Å²) in [4.78, 5) is 8.44. The number of nitrogens with zero attached hydrogens (tertiary/aromatic N) is 1. The first kappa shape index (κ1) is 9.35. The summed E-state index contributed by atoms with van der Waals surface area (Å²) in [5.41, 5.74) is 0. The maximum absolute atomic E-state index is 10.6. The van der Waals surface area contributed by atoms with E-state index in [0.29, 0.717) is 0 Å². The van der Waals surface area contributed by atoms with Crippen molar-refractivity contribution in [3.63, 3.8) is 0 Å². The first-order valence-corrected chi connectivity index (χ1v) is 3.00. The highest BCUT2D eigenvalue weighted by atomic mass is 16.8. The first-order valence-electron chi connectivity index (χ1n) is 3.00. The number of hydroxylamine groups is 4. The van der Waals surface area contributed by atoms with Crippen molar-refractivity contribution in [3.8, 4) is 0 Å². The molecule has 0 saturated carbocycles. The third-order valence-electron chi connectivity index (χ3n) is 1.17. The van der Waals surface area contributed by atoms with Crippen molar-refractivity contribution in [1.29, 1.82) is 0 Å². The van der Waals surface area contributed by atoms with Gasteiger partial charge in [0.2, 0.25) is 0 Å². The van der Waals surface area contributed by atoms with Crippen molar-refractivity contribution in [2.45, 2.75) is 13.3 Å². The molecule has 10 heavy (non-hydrogen) atoms. The zero-order valence-electron chi connectivity index (χ0n) is 5.78. The van der Waals surface area contributed by atoms with Crippen molar-refractivity contribution >= 4 is 5.97 Å². The molecule has 0 aromatic rings. The summed E-state index contributed by atoms with van der Waals surface area (Å²) in [5.74, 6) is -1.07. The fraction of sp³-hybridized carbons (Fsp3) is 0.800. The minimum absolute atomic E-state index is 0.0206. The molecule has 1 atom stereocenters. The van der Waals surface area contributed by atoms with Gasteiger partial charge < -0.3 is 10.3 Å². The number of carboxylic acids is 1. The summed E-state index contributed by atoms with van der Waals surface area (Å²) < 4.78 is 0. The van der Waals surface area contributed by atoms with Crippen LogP contribution in [-0.4, -0.2) is 34.2 Å². The number of hydrogen-bond acceptors (Lipinski definition) is 3. The largest absolute Gasteiger partial charge is 0.598 e. The Hall–Kier alpha value is -0.650. The van der Waals surface area contributed by atoms with Crippen LogP contribution in [0.25, 0.3) is 0 Å². The second-order valence-corrected chi connectivity index (χ2v) is 2.03. The van der Waals surface area contributed by atoms with Crippen LogP contribution in [0.1, 0.15) is 13.3 Å². The molecule has 0 aliphatic heterocycles. The Morgan fingerprint density at radius 1 is 1.70 bits per heavy atom. The Balaban J connectivity index is 3.56. The normalized spacial score (nSPS) is 16.3. The van der Waals surface area contributed by atoms with E-state index < -0.39 is 10.8 Å². The van der Waals surface area contributed by atoms with Gasteiger partial charge in [0.15, 0.2) is 0 Å². The lowest BCUT2D eigenvalue weighted by atomic mass is 10.4. The van der Waals surface area contributed by atoms with Crippen molar-refractivity contribution in [3.05, 3.63) is 5.21 Å². The number of rotatable bonds is 4. The second-order valence-electron chi connectivity index (χ2n) is 2.03. The molecule has 0 aromatic carbocycles. The van der Waals surface area contributed by atoms with Crippen LogP contribution in [0.5, 0.6) is 0 Å². The van der Waals surface area contributed by atoms with E-state index in [9.17, 15) is 10.0 Å². The van der Waals surface area contributed by atoms with Crippen molar-refractivity contribution in [2.24, 2.45) is 0 Å². The van der Waals surface area contributed by atoms with E-state index in [4.69, 9.17) is 10.3 Å². The number of hydrogen-bond donors (Lipinski definition) is 2. The standard InChI is InChI=1S/C5H11NO4/c1-2-6(9,10)4-3-5(7)8/h9H,2-4H2,1H3,(H,7,8). The van der Waals surface area contributed by atoms with E-state index in [2.05, 4.69) is 0 Å². The van der Waals surface area contributed by atoms with Gasteiger partial charge in [0.1, 0.15) is 13.1 Å². The van der Waals surface area contributed by atoms with Gasteiger partial charge in [-0.1, -0.05) is 0 Å². The van der Waals surface area contributed by atoms with Crippen molar-refractivity contribution in [2.75, 3.05) is 13.1 Å². The summed E-state index contributed by atoms with van der Waals surface area (Å²) in [5, 5.41) is 27.4. The van der Waals surface area contributed by atoms with Crippen LogP contribution in [0.2, 0.25) is 0 Å². The third kappa shape index (κ3) is 4.25. The molecule has 0 aliphatic rings. The van der Waals surface area contributed by atoms with Crippen LogP contribution >= 0.6 is 0 Å². The predicted octanol–water partition coefficient (Wildman–Crippen LogP) is 0.185. The first-order chi connectivity index (χ1) is 4.48. The quantitative estimate of drug-likeness (QED) is 0.441. The van der Waals surface area contributed by atoms with Crippen molar-refractivity contribution in [1.82, 2.24) is 0 Å². The smallest absolute Gasteiger partial charge is 0.309 e. The molecule has 2 N–H and O–H groups in total. The molecular weight excluding hydrogens is 138 g/mol. The number of quaternary nitrogens is 1. The summed E-state index contributed by atoms with van der Waals surface area (Å²) in [6.45, 7) is 1.19. The van der Waals surface area contributed by atoms with Crippen LogP contribution in [0.15, 0.2) is 0 Å². The SMILES string of the molecule is CC[N+]([O-])(O)CCC(=O)O. The Bertz CT molecular complexity index is 123. The number of aliphatic carboxylic acids is 1. The van der Waals surface area contributed by atoms with Crippen LogP contribution in [0, 0.1) is 5.21 Å². The van der Waals surface area contributed by atoms with E-state index in [1.165, 1.54) is 6.92 Å². The summed E-state index contributed by atoms with van der Waals surface area (Å²) in [6.07, 6.45) is -0.298. The second kappa shape index (κ2) is 3.50. The molecule has 0 amide bonds. The summed E-state index contributed by atoms with van der Waals surface area (Å²) in [6, 6.07) is 0. The average Bonchev–Trinajstić information content (AvgIpc) is 1.85. The summed E-state index contributed by atoms with van der Waals surface area (Å²) in [7, 11) is 0. The lowest BCUT2D eigenvalue weighted by Gasteiger charge is -2.31. The van der Waals surface area contributed by atoms with Crippen LogP contribution in [-0.2, 0) is 4.79 Å². The Labute approximate surface area is 58.6 Å². The highest BCUT2D eigenvalue weighted by Gasteiger charge is 2.11. The molecule has 0 heterocycles. The van der Waals surface area contributed by atoms with Gasteiger partial charge in [-0.05, 0) is 6.92 Å². The van der Waals surface area contributed by atoms with Gasteiger partial charge in [-0.2, -0.15) is 0 Å². The molecule has 0 radical (unpaired) electrons. The topological polar surface area (TPSA) is 80.6 Å². The van der Waals surface area contributed by atoms with E-state index >= 15 is 0 Å². The van der Waals surface area contributed by atoms with Crippen LogP contribution in [0.4, 0.5) is 0 Å². The molecule has 5 nitrogen and oxygen atoms in total. The lowest BCUT2D eigenvalue weighted by molar-refractivity contribution is -1.06. The maximum atomic E-state index is 10.6. The molecule has 0 spiro atoms. The third-order valence-corrected chi connectivity index (χ3v) is 1.17. The van der Waals surface area contributed by atoms with Gasteiger partial charge in [0, 0.05) is 0 Å². The van der Waals surface area contributed by atoms with E-state index in [1.807, 2.05) is 0 Å². The Kier molecular flexibility index (Phi) is 3.27. The molecular formula is C5H11NO4. The molecule has 1 unspecified atom stereocenters. The lowest BCUT2D eigenvalue weighted by Crippen LogP contribution is -2.39. The van der Waals surface area contributed by atoms with Gasteiger partial charge in [0.05, 0.1) is 6.42 Å². The fourth-order valence-corrected chi connectivity index (χ4v) is 0.428. The van der Waals surface area contributed by atoms with Gasteiger partial charge in [-0.3, -0.25) is 4.79 Å².